The van der Waals surface area contributed by atoms with Crippen molar-refractivity contribution in [1.82, 2.24) is 10.6 Å². The SMILES string of the molecule is CC(C)(Cc1ccc(F)c(F)c1)NC(=O)C(NC(=O)O)c1ccccc1. The van der Waals surface area contributed by atoms with E-state index in [4.69, 9.17) is 5.11 Å². The molecule has 0 saturated heterocycles. The number of halogens is 2. The van der Waals surface area contributed by atoms with Crippen LogP contribution in [0.3, 0.4) is 0 Å². The third-order valence-corrected chi connectivity index (χ3v) is 3.75. The second-order valence-corrected chi connectivity index (χ2v) is 6.59. The molecule has 0 heterocycles. The summed E-state index contributed by atoms with van der Waals surface area (Å²) in [5.41, 5.74) is 0.196. The van der Waals surface area contributed by atoms with Crippen LogP contribution < -0.4 is 10.6 Å². The van der Waals surface area contributed by atoms with E-state index in [-0.39, 0.29) is 6.42 Å². The summed E-state index contributed by atoms with van der Waals surface area (Å²) in [5, 5.41) is 14.0. The molecule has 138 valence electrons. The van der Waals surface area contributed by atoms with E-state index in [1.54, 1.807) is 44.2 Å². The molecule has 1 unspecified atom stereocenters. The number of amides is 2. The van der Waals surface area contributed by atoms with Crippen molar-refractivity contribution in [1.29, 1.82) is 0 Å². The number of rotatable bonds is 6. The molecule has 0 spiro atoms. The molecule has 0 fully saturated rings. The van der Waals surface area contributed by atoms with E-state index in [1.807, 2.05) is 0 Å². The van der Waals surface area contributed by atoms with E-state index in [1.165, 1.54) is 6.07 Å². The second-order valence-electron chi connectivity index (χ2n) is 6.59. The summed E-state index contributed by atoms with van der Waals surface area (Å²) < 4.78 is 26.4. The lowest BCUT2D eigenvalue weighted by Crippen LogP contribution is -2.50. The number of nitrogens with one attached hydrogen (secondary N) is 2. The van der Waals surface area contributed by atoms with Crippen LogP contribution in [0.25, 0.3) is 0 Å². The number of carboxylic acid groups (broad SMARTS) is 1. The van der Waals surface area contributed by atoms with Crippen LogP contribution >= 0.6 is 0 Å². The van der Waals surface area contributed by atoms with Gasteiger partial charge in [-0.25, -0.2) is 13.6 Å². The Morgan fingerprint density at radius 2 is 1.73 bits per heavy atom. The lowest BCUT2D eigenvalue weighted by molar-refractivity contribution is -0.124. The molecule has 3 N–H and O–H groups in total. The van der Waals surface area contributed by atoms with Crippen molar-refractivity contribution < 1.29 is 23.5 Å². The Morgan fingerprint density at radius 1 is 1.08 bits per heavy atom. The molecule has 0 saturated carbocycles. The van der Waals surface area contributed by atoms with E-state index in [2.05, 4.69) is 10.6 Å². The minimum absolute atomic E-state index is 0.241. The van der Waals surface area contributed by atoms with E-state index < -0.39 is 35.2 Å². The molecular weight excluding hydrogens is 342 g/mol. The summed E-state index contributed by atoms with van der Waals surface area (Å²) in [4.78, 5) is 23.7. The molecule has 0 radical (unpaired) electrons. The van der Waals surface area contributed by atoms with Gasteiger partial charge in [-0.1, -0.05) is 36.4 Å². The second kappa shape index (κ2) is 7.95. The highest BCUT2D eigenvalue weighted by molar-refractivity contribution is 5.87. The smallest absolute Gasteiger partial charge is 0.405 e. The molecule has 7 heteroatoms. The highest BCUT2D eigenvalue weighted by Gasteiger charge is 2.28. The van der Waals surface area contributed by atoms with E-state index in [0.717, 1.165) is 12.1 Å². The Morgan fingerprint density at radius 3 is 2.31 bits per heavy atom. The van der Waals surface area contributed by atoms with E-state index >= 15 is 0 Å². The number of benzene rings is 2. The lowest BCUT2D eigenvalue weighted by Gasteiger charge is -2.29. The minimum atomic E-state index is -1.33. The van der Waals surface area contributed by atoms with Crippen molar-refractivity contribution in [2.75, 3.05) is 0 Å². The Kier molecular flexibility index (Phi) is 5.92. The average molecular weight is 362 g/mol. The fourth-order valence-corrected chi connectivity index (χ4v) is 2.68. The van der Waals surface area contributed by atoms with Crippen molar-refractivity contribution in [2.24, 2.45) is 0 Å². The van der Waals surface area contributed by atoms with Gasteiger partial charge in [-0.05, 0) is 43.5 Å². The Hall–Kier alpha value is -2.96. The molecule has 0 aliphatic rings. The van der Waals surface area contributed by atoms with Gasteiger partial charge >= 0.3 is 6.09 Å². The van der Waals surface area contributed by atoms with Crippen LogP contribution in [0.4, 0.5) is 13.6 Å². The minimum Gasteiger partial charge on any atom is -0.465 e. The Balaban J connectivity index is 2.15. The maximum absolute atomic E-state index is 13.4. The fourth-order valence-electron chi connectivity index (χ4n) is 2.68. The highest BCUT2D eigenvalue weighted by atomic mass is 19.2. The lowest BCUT2D eigenvalue weighted by atomic mass is 9.93. The van der Waals surface area contributed by atoms with Crippen LogP contribution in [0.1, 0.15) is 31.0 Å². The van der Waals surface area contributed by atoms with Gasteiger partial charge < -0.3 is 15.7 Å². The molecule has 2 amide bonds. The summed E-state index contributed by atoms with van der Waals surface area (Å²) in [6.45, 7) is 3.43. The molecule has 1 atom stereocenters. The van der Waals surface area contributed by atoms with Gasteiger partial charge in [0.1, 0.15) is 6.04 Å². The first-order chi connectivity index (χ1) is 12.2. The molecule has 2 rings (SSSR count). The maximum Gasteiger partial charge on any atom is 0.405 e. The maximum atomic E-state index is 13.4. The number of carbonyl (C=O) groups is 2. The predicted molar refractivity (Wildman–Crippen MR) is 92.6 cm³/mol. The van der Waals surface area contributed by atoms with Crippen molar-refractivity contribution in [3.8, 4) is 0 Å². The van der Waals surface area contributed by atoms with Crippen LogP contribution in [-0.2, 0) is 11.2 Å². The van der Waals surface area contributed by atoms with Crippen LogP contribution in [0, 0.1) is 11.6 Å². The van der Waals surface area contributed by atoms with Gasteiger partial charge in [0.25, 0.3) is 0 Å². The first-order valence-electron chi connectivity index (χ1n) is 7.98. The molecule has 2 aromatic rings. The van der Waals surface area contributed by atoms with Gasteiger partial charge in [0.2, 0.25) is 5.91 Å². The molecule has 0 aliphatic carbocycles. The van der Waals surface area contributed by atoms with Crippen LogP contribution in [-0.4, -0.2) is 22.6 Å². The van der Waals surface area contributed by atoms with Gasteiger partial charge in [-0.2, -0.15) is 0 Å². The number of hydrogen-bond donors (Lipinski definition) is 3. The van der Waals surface area contributed by atoms with Crippen LogP contribution in [0.2, 0.25) is 0 Å². The van der Waals surface area contributed by atoms with Gasteiger partial charge in [-0.3, -0.25) is 4.79 Å². The number of hydrogen-bond acceptors (Lipinski definition) is 2. The van der Waals surface area contributed by atoms with Gasteiger partial charge in [0.05, 0.1) is 0 Å². The Labute approximate surface area is 150 Å². The normalized spacial score (nSPS) is 12.3. The summed E-state index contributed by atoms with van der Waals surface area (Å²) in [6.07, 6.45) is -1.09. The summed E-state index contributed by atoms with van der Waals surface area (Å²) in [6, 6.07) is 10.9. The van der Waals surface area contributed by atoms with Crippen molar-refractivity contribution >= 4 is 12.0 Å². The van der Waals surface area contributed by atoms with Gasteiger partial charge in [0.15, 0.2) is 11.6 Å². The quantitative estimate of drug-likeness (QED) is 0.737. The zero-order valence-corrected chi connectivity index (χ0v) is 14.4. The molecule has 5 nitrogen and oxygen atoms in total. The highest BCUT2D eigenvalue weighted by Crippen LogP contribution is 2.19. The predicted octanol–water partition coefficient (Wildman–Crippen LogP) is 3.41. The zero-order chi connectivity index (χ0) is 19.3. The van der Waals surface area contributed by atoms with Gasteiger partial charge in [0, 0.05) is 5.54 Å². The summed E-state index contributed by atoms with van der Waals surface area (Å²) in [7, 11) is 0. The molecular formula is C19H20F2N2O3. The molecule has 2 aromatic carbocycles. The van der Waals surface area contributed by atoms with E-state index in [9.17, 15) is 18.4 Å². The zero-order valence-electron chi connectivity index (χ0n) is 14.4. The largest absolute Gasteiger partial charge is 0.465 e. The molecule has 0 aliphatic heterocycles. The van der Waals surface area contributed by atoms with Gasteiger partial charge in [-0.15, -0.1) is 0 Å². The molecule has 0 bridgehead atoms. The first-order valence-corrected chi connectivity index (χ1v) is 7.98. The first kappa shape index (κ1) is 19.4. The van der Waals surface area contributed by atoms with Crippen molar-refractivity contribution in [3.63, 3.8) is 0 Å². The van der Waals surface area contributed by atoms with Crippen LogP contribution in [0.5, 0.6) is 0 Å². The van der Waals surface area contributed by atoms with E-state index in [0.29, 0.717) is 11.1 Å². The van der Waals surface area contributed by atoms with Crippen molar-refractivity contribution in [2.45, 2.75) is 31.8 Å². The fraction of sp³-hybridized carbons (Fsp3) is 0.263. The molecule has 0 aromatic heterocycles. The third-order valence-electron chi connectivity index (χ3n) is 3.75. The van der Waals surface area contributed by atoms with Crippen molar-refractivity contribution in [3.05, 3.63) is 71.3 Å². The Bertz CT molecular complexity index is 795. The average Bonchev–Trinajstić information content (AvgIpc) is 2.56. The molecule has 26 heavy (non-hydrogen) atoms. The monoisotopic (exact) mass is 362 g/mol. The standard InChI is InChI=1S/C19H20F2N2O3/c1-19(2,11-12-8-9-14(20)15(21)10-12)23-17(24)16(22-18(25)26)13-6-4-3-5-7-13/h3-10,16,22H,11H2,1-2H3,(H,23,24)(H,25,26). The number of carbonyl (C=O) groups excluding carboxylic acids is 1. The summed E-state index contributed by atoms with van der Waals surface area (Å²) in [5.74, 6) is -2.43. The summed E-state index contributed by atoms with van der Waals surface area (Å²) >= 11 is 0. The van der Waals surface area contributed by atoms with Crippen LogP contribution in [0.15, 0.2) is 48.5 Å². The third kappa shape index (κ3) is 5.27. The topological polar surface area (TPSA) is 78.4 Å².